The van der Waals surface area contributed by atoms with Crippen LogP contribution in [-0.4, -0.2) is 31.6 Å². The third kappa shape index (κ3) is 5.60. The monoisotopic (exact) mass is 466 g/mol. The van der Waals surface area contributed by atoms with E-state index in [1.54, 1.807) is 0 Å². The van der Waals surface area contributed by atoms with Gasteiger partial charge in [-0.15, -0.1) is 24.0 Å². The van der Waals surface area contributed by atoms with Crippen molar-refractivity contribution in [1.29, 1.82) is 0 Å². The van der Waals surface area contributed by atoms with E-state index in [0.29, 0.717) is 19.1 Å². The molecule has 1 heterocycles. The van der Waals surface area contributed by atoms with Crippen LogP contribution in [0, 0.1) is 0 Å². The van der Waals surface area contributed by atoms with Gasteiger partial charge in [0.25, 0.3) is 0 Å². The van der Waals surface area contributed by atoms with Crippen molar-refractivity contribution in [3.05, 3.63) is 65.2 Å². The Kier molecular flexibility index (Phi) is 7.71. The normalized spacial score (nSPS) is 16.4. The number of nitrogens with two attached hydrogens (primary N) is 1. The quantitative estimate of drug-likeness (QED) is 0.404. The Hall–Kier alpha value is -1.80. The van der Waals surface area contributed by atoms with E-state index in [9.17, 15) is 0 Å². The molecule has 26 heavy (non-hydrogen) atoms. The van der Waals surface area contributed by atoms with Crippen molar-refractivity contribution in [1.82, 2.24) is 10.2 Å². The minimum atomic E-state index is 0. The highest BCUT2D eigenvalue weighted by Crippen LogP contribution is 2.31. The van der Waals surface area contributed by atoms with Gasteiger partial charge < -0.3 is 20.7 Å². The van der Waals surface area contributed by atoms with Crippen LogP contribution in [0.1, 0.15) is 29.2 Å². The molecular weight excluding hydrogens is 439 g/mol. The van der Waals surface area contributed by atoms with Crippen molar-refractivity contribution in [2.45, 2.75) is 25.6 Å². The van der Waals surface area contributed by atoms with Crippen LogP contribution in [0.5, 0.6) is 5.75 Å². The number of guanidine groups is 1. The van der Waals surface area contributed by atoms with Gasteiger partial charge in [-0.05, 0) is 31.3 Å². The number of para-hydroxylation sites is 1. The Morgan fingerprint density at radius 1 is 1.15 bits per heavy atom. The minimum absolute atomic E-state index is 0. The summed E-state index contributed by atoms with van der Waals surface area (Å²) in [6, 6.07) is 16.7. The van der Waals surface area contributed by atoms with Crippen LogP contribution in [0.3, 0.4) is 0 Å². The van der Waals surface area contributed by atoms with E-state index in [0.717, 1.165) is 29.8 Å². The van der Waals surface area contributed by atoms with Gasteiger partial charge in [-0.25, -0.2) is 4.99 Å². The SMILES string of the molecule is CN(C)Cc1ccc(CN=C(N)NC2CCOc3ccccc32)cc1.I. The predicted octanol–water partition coefficient (Wildman–Crippen LogP) is 3.29. The van der Waals surface area contributed by atoms with Crippen LogP contribution in [-0.2, 0) is 13.1 Å². The Bertz CT molecular complexity index is 731. The fourth-order valence-electron chi connectivity index (χ4n) is 3.01. The van der Waals surface area contributed by atoms with Crippen LogP contribution < -0.4 is 15.8 Å². The topological polar surface area (TPSA) is 62.9 Å². The molecular formula is C20H27IN4O. The van der Waals surface area contributed by atoms with Crippen molar-refractivity contribution in [3.63, 3.8) is 0 Å². The van der Waals surface area contributed by atoms with Gasteiger partial charge in [-0.2, -0.15) is 0 Å². The Morgan fingerprint density at radius 3 is 2.58 bits per heavy atom. The summed E-state index contributed by atoms with van der Waals surface area (Å²) in [6.07, 6.45) is 0.881. The minimum Gasteiger partial charge on any atom is -0.493 e. The lowest BCUT2D eigenvalue weighted by atomic mass is 10.0. The number of nitrogens with one attached hydrogen (secondary N) is 1. The molecule has 3 rings (SSSR count). The highest BCUT2D eigenvalue weighted by Gasteiger charge is 2.21. The van der Waals surface area contributed by atoms with Crippen LogP contribution in [0.4, 0.5) is 0 Å². The second-order valence-electron chi connectivity index (χ2n) is 6.63. The number of fused-ring (bicyclic) bond motifs is 1. The molecule has 140 valence electrons. The lowest BCUT2D eigenvalue weighted by Gasteiger charge is -2.26. The number of nitrogens with zero attached hydrogens (tertiary/aromatic N) is 2. The maximum Gasteiger partial charge on any atom is 0.189 e. The molecule has 0 saturated heterocycles. The van der Waals surface area contributed by atoms with Crippen LogP contribution in [0.2, 0.25) is 0 Å². The molecule has 0 amide bonds. The molecule has 2 aromatic rings. The van der Waals surface area contributed by atoms with E-state index in [1.807, 2.05) is 18.2 Å². The van der Waals surface area contributed by atoms with Gasteiger partial charge in [0.2, 0.25) is 0 Å². The Labute approximate surface area is 172 Å². The number of halogens is 1. The fourth-order valence-corrected chi connectivity index (χ4v) is 3.01. The maximum absolute atomic E-state index is 6.10. The van der Waals surface area contributed by atoms with Crippen molar-refractivity contribution >= 4 is 29.9 Å². The molecule has 0 aliphatic carbocycles. The zero-order valence-electron chi connectivity index (χ0n) is 15.3. The molecule has 0 aromatic heterocycles. The van der Waals surface area contributed by atoms with Crippen molar-refractivity contribution in [3.8, 4) is 5.75 Å². The number of ether oxygens (including phenoxy) is 1. The smallest absolute Gasteiger partial charge is 0.189 e. The lowest BCUT2D eigenvalue weighted by molar-refractivity contribution is 0.262. The summed E-state index contributed by atoms with van der Waals surface area (Å²) in [4.78, 5) is 6.64. The number of aliphatic imine (C=N–C) groups is 1. The fraction of sp³-hybridized carbons (Fsp3) is 0.350. The summed E-state index contributed by atoms with van der Waals surface area (Å²) < 4.78 is 5.68. The lowest BCUT2D eigenvalue weighted by Crippen LogP contribution is -2.37. The molecule has 5 nitrogen and oxygen atoms in total. The molecule has 1 atom stereocenters. The summed E-state index contributed by atoms with van der Waals surface area (Å²) in [6.45, 7) is 2.21. The second-order valence-corrected chi connectivity index (χ2v) is 6.63. The average molecular weight is 466 g/mol. The highest BCUT2D eigenvalue weighted by atomic mass is 127. The Balaban J connectivity index is 0.00000243. The highest BCUT2D eigenvalue weighted by molar-refractivity contribution is 14.0. The largest absolute Gasteiger partial charge is 0.493 e. The van der Waals surface area contributed by atoms with Crippen LogP contribution in [0.15, 0.2) is 53.5 Å². The molecule has 0 fully saturated rings. The predicted molar refractivity (Wildman–Crippen MR) is 117 cm³/mol. The number of hydrogen-bond donors (Lipinski definition) is 2. The molecule has 1 aliphatic rings. The van der Waals surface area contributed by atoms with E-state index in [-0.39, 0.29) is 30.0 Å². The van der Waals surface area contributed by atoms with Gasteiger partial charge in [0, 0.05) is 18.5 Å². The van der Waals surface area contributed by atoms with Gasteiger partial charge in [0.05, 0.1) is 19.2 Å². The van der Waals surface area contributed by atoms with Gasteiger partial charge in [0.1, 0.15) is 5.75 Å². The summed E-state index contributed by atoms with van der Waals surface area (Å²) >= 11 is 0. The maximum atomic E-state index is 6.10. The second kappa shape index (κ2) is 9.78. The first-order valence-corrected chi connectivity index (χ1v) is 8.62. The molecule has 0 saturated carbocycles. The van der Waals surface area contributed by atoms with E-state index >= 15 is 0 Å². The summed E-state index contributed by atoms with van der Waals surface area (Å²) in [7, 11) is 4.14. The molecule has 2 aromatic carbocycles. The summed E-state index contributed by atoms with van der Waals surface area (Å²) in [5.41, 5.74) is 9.68. The van der Waals surface area contributed by atoms with Crippen LogP contribution in [0.25, 0.3) is 0 Å². The molecule has 1 unspecified atom stereocenters. The van der Waals surface area contributed by atoms with Gasteiger partial charge in [0.15, 0.2) is 5.96 Å². The number of hydrogen-bond acceptors (Lipinski definition) is 3. The van der Waals surface area contributed by atoms with Gasteiger partial charge in [-0.1, -0.05) is 42.5 Å². The number of rotatable bonds is 5. The third-order valence-corrected chi connectivity index (χ3v) is 4.23. The van der Waals surface area contributed by atoms with Crippen molar-refractivity contribution < 1.29 is 4.74 Å². The van der Waals surface area contributed by atoms with Gasteiger partial charge >= 0.3 is 0 Å². The molecule has 0 radical (unpaired) electrons. The first kappa shape index (κ1) is 20.5. The van der Waals surface area contributed by atoms with Crippen molar-refractivity contribution in [2.75, 3.05) is 20.7 Å². The number of benzene rings is 2. The average Bonchev–Trinajstić information content (AvgIpc) is 2.61. The summed E-state index contributed by atoms with van der Waals surface area (Å²) in [5.74, 6) is 1.40. The van der Waals surface area contributed by atoms with E-state index < -0.39 is 0 Å². The molecule has 0 bridgehead atoms. The van der Waals surface area contributed by atoms with Crippen LogP contribution >= 0.6 is 24.0 Å². The van der Waals surface area contributed by atoms with Crippen molar-refractivity contribution in [2.24, 2.45) is 10.7 Å². The molecule has 0 spiro atoms. The Morgan fingerprint density at radius 2 is 1.85 bits per heavy atom. The molecule has 6 heteroatoms. The van der Waals surface area contributed by atoms with E-state index in [2.05, 4.69) is 59.6 Å². The van der Waals surface area contributed by atoms with Gasteiger partial charge in [-0.3, -0.25) is 0 Å². The third-order valence-electron chi connectivity index (χ3n) is 4.23. The van der Waals surface area contributed by atoms with E-state index in [1.165, 1.54) is 5.56 Å². The standard InChI is InChI=1S/C20H26N4O.HI/c1-24(2)14-16-9-7-15(8-10-16)13-22-20(21)23-18-11-12-25-19-6-4-3-5-17(18)19;/h3-10,18H,11-14H2,1-2H3,(H3,21,22,23);1H. The molecule has 3 N–H and O–H groups in total. The van der Waals surface area contributed by atoms with E-state index in [4.69, 9.17) is 10.5 Å². The summed E-state index contributed by atoms with van der Waals surface area (Å²) in [5, 5.41) is 3.32. The first-order chi connectivity index (χ1) is 12.1. The zero-order chi connectivity index (χ0) is 17.6. The molecule has 1 aliphatic heterocycles. The first-order valence-electron chi connectivity index (χ1n) is 8.62. The zero-order valence-corrected chi connectivity index (χ0v) is 17.6.